The topological polar surface area (TPSA) is 56.7 Å². The summed E-state index contributed by atoms with van der Waals surface area (Å²) in [6.45, 7) is 3.53. The van der Waals surface area contributed by atoms with Crippen LogP contribution in [-0.4, -0.2) is 51.5 Å². The van der Waals surface area contributed by atoms with Crippen molar-refractivity contribution < 1.29 is 9.90 Å². The standard InChI is InChI=1S/C18H20ClN3O2S/c19-16-5-13(2-4-17(16)23)18(24)22-7-12-1-3-15(22)9-21(6-12)8-14-10-25-11-20-14/h2,4-5,10-12,15,23H,1,3,6-9H2/t12-,15+/m0/s1. The first-order chi connectivity index (χ1) is 12.1. The molecule has 5 rings (SSSR count). The quantitative estimate of drug-likeness (QED) is 0.892. The van der Waals surface area contributed by atoms with Gasteiger partial charge in [-0.2, -0.15) is 0 Å². The van der Waals surface area contributed by atoms with E-state index in [-0.39, 0.29) is 22.7 Å². The Bertz CT molecular complexity index is 768. The summed E-state index contributed by atoms with van der Waals surface area (Å²) >= 11 is 7.60. The molecule has 1 N–H and O–H groups in total. The number of carbonyl (C=O) groups excluding carboxylic acids is 1. The SMILES string of the molecule is O=C(c1ccc(O)c(Cl)c1)N1C[C@H]2CC[C@@H]1CN(Cc1cscn1)C2. The lowest BCUT2D eigenvalue weighted by Gasteiger charge is -2.36. The first-order valence-corrected chi connectivity index (χ1v) is 9.81. The Morgan fingerprint density at radius 2 is 2.20 bits per heavy atom. The fourth-order valence-corrected chi connectivity index (χ4v) is 4.64. The highest BCUT2D eigenvalue weighted by atomic mass is 35.5. The smallest absolute Gasteiger partial charge is 0.254 e. The number of rotatable bonds is 3. The number of hydrogen-bond acceptors (Lipinski definition) is 5. The molecule has 3 aliphatic rings. The van der Waals surface area contributed by atoms with Gasteiger partial charge in [0.2, 0.25) is 0 Å². The van der Waals surface area contributed by atoms with Crippen molar-refractivity contribution in [1.29, 1.82) is 0 Å². The molecule has 1 aromatic heterocycles. The van der Waals surface area contributed by atoms with E-state index in [0.717, 1.165) is 38.3 Å². The number of piperidine rings is 1. The van der Waals surface area contributed by atoms with Gasteiger partial charge in [-0.15, -0.1) is 11.3 Å². The molecule has 132 valence electrons. The third-order valence-corrected chi connectivity index (χ3v) is 6.05. The van der Waals surface area contributed by atoms with Gasteiger partial charge in [-0.3, -0.25) is 9.69 Å². The van der Waals surface area contributed by atoms with Crippen molar-refractivity contribution in [1.82, 2.24) is 14.8 Å². The van der Waals surface area contributed by atoms with Gasteiger partial charge in [0, 0.05) is 43.2 Å². The average molecular weight is 378 g/mol. The van der Waals surface area contributed by atoms with Crippen LogP contribution < -0.4 is 0 Å². The van der Waals surface area contributed by atoms with E-state index < -0.39 is 0 Å². The minimum atomic E-state index is 0.00467. The number of aromatic hydroxyl groups is 1. The highest BCUT2D eigenvalue weighted by Gasteiger charge is 2.37. The Morgan fingerprint density at radius 3 is 2.96 bits per heavy atom. The van der Waals surface area contributed by atoms with E-state index in [1.807, 2.05) is 10.4 Å². The monoisotopic (exact) mass is 377 g/mol. The molecule has 7 heteroatoms. The van der Waals surface area contributed by atoms with Gasteiger partial charge in [0.25, 0.3) is 5.91 Å². The van der Waals surface area contributed by atoms with Crippen LogP contribution >= 0.6 is 22.9 Å². The van der Waals surface area contributed by atoms with Gasteiger partial charge in [-0.05, 0) is 37.0 Å². The summed E-state index contributed by atoms with van der Waals surface area (Å²) in [6, 6.07) is 4.91. The van der Waals surface area contributed by atoms with Crippen molar-refractivity contribution in [2.75, 3.05) is 19.6 Å². The van der Waals surface area contributed by atoms with Crippen LogP contribution in [0.2, 0.25) is 5.02 Å². The molecule has 3 fully saturated rings. The van der Waals surface area contributed by atoms with E-state index in [4.69, 9.17) is 11.6 Å². The molecule has 2 atom stereocenters. The zero-order valence-corrected chi connectivity index (χ0v) is 15.3. The highest BCUT2D eigenvalue weighted by molar-refractivity contribution is 7.07. The van der Waals surface area contributed by atoms with E-state index in [1.165, 1.54) is 12.5 Å². The Balaban J connectivity index is 1.51. The maximum atomic E-state index is 13.0. The molecular formula is C18H20ClN3O2S. The van der Waals surface area contributed by atoms with E-state index in [1.54, 1.807) is 23.5 Å². The van der Waals surface area contributed by atoms with Crippen molar-refractivity contribution >= 4 is 28.8 Å². The van der Waals surface area contributed by atoms with Crippen LogP contribution in [0.25, 0.3) is 0 Å². The molecule has 5 nitrogen and oxygen atoms in total. The van der Waals surface area contributed by atoms with Gasteiger partial charge in [-0.25, -0.2) is 4.98 Å². The molecule has 3 saturated heterocycles. The molecule has 2 aromatic rings. The number of phenolic OH excluding ortho intramolecular Hbond substituents is 1. The minimum Gasteiger partial charge on any atom is -0.506 e. The number of benzene rings is 1. The molecule has 0 unspecified atom stereocenters. The fourth-order valence-electron chi connectivity index (χ4n) is 3.91. The van der Waals surface area contributed by atoms with Crippen LogP contribution in [0.15, 0.2) is 29.1 Å². The Morgan fingerprint density at radius 1 is 1.32 bits per heavy atom. The zero-order valence-electron chi connectivity index (χ0n) is 13.8. The Kier molecular flexibility index (Phi) is 4.67. The lowest BCUT2D eigenvalue weighted by atomic mass is 9.94. The van der Waals surface area contributed by atoms with Crippen LogP contribution in [-0.2, 0) is 6.54 Å². The summed E-state index contributed by atoms with van der Waals surface area (Å²) < 4.78 is 0. The summed E-state index contributed by atoms with van der Waals surface area (Å²) in [5.74, 6) is 0.506. The van der Waals surface area contributed by atoms with Gasteiger partial charge >= 0.3 is 0 Å². The van der Waals surface area contributed by atoms with Crippen LogP contribution in [0.1, 0.15) is 28.9 Å². The van der Waals surface area contributed by atoms with Gasteiger partial charge in [0.05, 0.1) is 16.2 Å². The van der Waals surface area contributed by atoms with Crippen molar-refractivity contribution in [2.45, 2.75) is 25.4 Å². The minimum absolute atomic E-state index is 0.00467. The summed E-state index contributed by atoms with van der Waals surface area (Å²) in [5.41, 5.74) is 3.52. The first kappa shape index (κ1) is 16.8. The van der Waals surface area contributed by atoms with Gasteiger partial charge in [-0.1, -0.05) is 11.6 Å². The van der Waals surface area contributed by atoms with E-state index in [0.29, 0.717) is 11.5 Å². The van der Waals surface area contributed by atoms with Crippen molar-refractivity contribution in [3.63, 3.8) is 0 Å². The number of phenols is 1. The third-order valence-electron chi connectivity index (χ3n) is 5.11. The molecule has 0 spiro atoms. The molecule has 3 aliphatic heterocycles. The summed E-state index contributed by atoms with van der Waals surface area (Å²) in [5, 5.41) is 11.9. The van der Waals surface area contributed by atoms with Crippen LogP contribution in [0, 0.1) is 5.92 Å². The van der Waals surface area contributed by atoms with Crippen molar-refractivity contribution in [3.8, 4) is 5.75 Å². The maximum absolute atomic E-state index is 13.0. The average Bonchev–Trinajstić information content (AvgIpc) is 2.95. The Labute approximate surface area is 155 Å². The predicted molar refractivity (Wildman–Crippen MR) is 98.1 cm³/mol. The van der Waals surface area contributed by atoms with Gasteiger partial charge < -0.3 is 10.0 Å². The van der Waals surface area contributed by atoms with Gasteiger partial charge in [0.15, 0.2) is 0 Å². The van der Waals surface area contributed by atoms with E-state index in [9.17, 15) is 9.90 Å². The predicted octanol–water partition coefficient (Wildman–Crippen LogP) is 3.24. The van der Waals surface area contributed by atoms with Crippen LogP contribution in [0.5, 0.6) is 5.75 Å². The second-order valence-electron chi connectivity index (χ2n) is 6.89. The molecule has 0 saturated carbocycles. The number of carbonyl (C=O) groups is 1. The molecule has 1 aromatic carbocycles. The molecular weight excluding hydrogens is 358 g/mol. The van der Waals surface area contributed by atoms with E-state index in [2.05, 4.69) is 15.3 Å². The number of thiazole rings is 1. The molecule has 4 heterocycles. The van der Waals surface area contributed by atoms with Crippen LogP contribution in [0.3, 0.4) is 0 Å². The number of nitrogens with zero attached hydrogens (tertiary/aromatic N) is 3. The van der Waals surface area contributed by atoms with Crippen molar-refractivity contribution in [2.24, 2.45) is 5.92 Å². The molecule has 0 aliphatic carbocycles. The second-order valence-corrected chi connectivity index (χ2v) is 8.02. The summed E-state index contributed by atoms with van der Waals surface area (Å²) in [6.07, 6.45) is 2.20. The lowest BCUT2D eigenvalue weighted by molar-refractivity contribution is 0.0585. The fraction of sp³-hybridized carbons (Fsp3) is 0.444. The maximum Gasteiger partial charge on any atom is 0.254 e. The second kappa shape index (κ2) is 6.94. The number of fused-ring (bicyclic) bond motifs is 4. The Hall–Kier alpha value is -1.63. The molecule has 25 heavy (non-hydrogen) atoms. The normalized spacial score (nSPS) is 23.6. The number of halogens is 1. The summed E-state index contributed by atoms with van der Waals surface area (Å²) in [4.78, 5) is 21.8. The molecule has 2 bridgehead atoms. The first-order valence-electron chi connectivity index (χ1n) is 8.49. The van der Waals surface area contributed by atoms with Crippen LogP contribution in [0.4, 0.5) is 0 Å². The number of aromatic nitrogens is 1. The number of hydrogen-bond donors (Lipinski definition) is 1. The summed E-state index contributed by atoms with van der Waals surface area (Å²) in [7, 11) is 0. The highest BCUT2D eigenvalue weighted by Crippen LogP contribution is 2.31. The van der Waals surface area contributed by atoms with E-state index >= 15 is 0 Å². The molecule has 0 radical (unpaired) electrons. The zero-order chi connectivity index (χ0) is 17.4. The lowest BCUT2D eigenvalue weighted by Crippen LogP contribution is -2.47. The third kappa shape index (κ3) is 3.52. The number of amides is 1. The van der Waals surface area contributed by atoms with Gasteiger partial charge in [0.1, 0.15) is 5.75 Å². The van der Waals surface area contributed by atoms with Crippen molar-refractivity contribution in [3.05, 3.63) is 45.4 Å². The molecule has 1 amide bonds. The largest absolute Gasteiger partial charge is 0.506 e.